The average molecular weight is 471 g/mol. The van der Waals surface area contributed by atoms with Gasteiger partial charge in [0.1, 0.15) is 6.10 Å². The molecule has 2 rings (SSSR count). The molecule has 0 fully saturated rings. The summed E-state index contributed by atoms with van der Waals surface area (Å²) in [7, 11) is 0. The summed E-state index contributed by atoms with van der Waals surface area (Å²) in [6, 6.07) is 0. The normalized spacial score (nSPS) is 25.2. The third-order valence-electron chi connectivity index (χ3n) is 4.17. The van der Waals surface area contributed by atoms with E-state index in [0.29, 0.717) is 17.2 Å². The molecule has 1 aliphatic carbocycles. The number of hydrogen-bond donors (Lipinski definition) is 5. The van der Waals surface area contributed by atoms with E-state index in [1.54, 1.807) is 35.5 Å². The van der Waals surface area contributed by atoms with Gasteiger partial charge in [0.25, 0.3) is 0 Å². The van der Waals surface area contributed by atoms with Gasteiger partial charge in [-0.1, -0.05) is 12.2 Å². The first kappa shape index (κ1) is 25.8. The highest BCUT2D eigenvalue weighted by Gasteiger charge is 2.29. The lowest BCUT2D eigenvalue weighted by atomic mass is 10.1. The van der Waals surface area contributed by atoms with Crippen LogP contribution in [0.4, 0.5) is 0 Å². The molecule has 0 spiro atoms. The van der Waals surface area contributed by atoms with Crippen molar-refractivity contribution in [1.29, 1.82) is 0 Å². The van der Waals surface area contributed by atoms with E-state index in [0.717, 1.165) is 28.9 Å². The van der Waals surface area contributed by atoms with Crippen LogP contribution in [0.15, 0.2) is 56.3 Å². The van der Waals surface area contributed by atoms with Crippen LogP contribution in [0.5, 0.6) is 0 Å². The van der Waals surface area contributed by atoms with Crippen LogP contribution in [-0.4, -0.2) is 73.9 Å². The number of thioether (sulfide) groups is 1. The second-order valence-corrected chi connectivity index (χ2v) is 9.18. The second kappa shape index (κ2) is 11.4. The first-order valence-corrected chi connectivity index (χ1v) is 11.6. The highest BCUT2D eigenvalue weighted by atomic mass is 32.2. The van der Waals surface area contributed by atoms with E-state index in [4.69, 9.17) is 4.74 Å². The van der Waals surface area contributed by atoms with Crippen molar-refractivity contribution in [2.75, 3.05) is 18.9 Å². The molecule has 1 unspecified atom stereocenters. The van der Waals surface area contributed by atoms with Gasteiger partial charge in [0.15, 0.2) is 0 Å². The van der Waals surface area contributed by atoms with Crippen molar-refractivity contribution in [3.8, 4) is 0 Å². The topological polar surface area (TPSA) is 130 Å². The number of aliphatic hydroxyl groups is 4. The maximum atomic E-state index is 9.49. The SMILES string of the molecule is CCN1/N=C\CS/C=N/C(C)=C\1C1=CC=C(SNC(C)(C)CO)C(OC(O)(O)O)C=C1. The Kier molecular flexibility index (Phi) is 9.52. The molecule has 0 aromatic rings. The first-order valence-electron chi connectivity index (χ1n) is 9.71. The number of hydrogen-bond acceptors (Lipinski definition) is 11. The molecule has 1 aliphatic heterocycles. The van der Waals surface area contributed by atoms with Crippen molar-refractivity contribution >= 4 is 35.5 Å². The van der Waals surface area contributed by atoms with Gasteiger partial charge < -0.3 is 20.4 Å². The lowest BCUT2D eigenvalue weighted by Crippen LogP contribution is -2.40. The van der Waals surface area contributed by atoms with Gasteiger partial charge in [-0.3, -0.25) is 19.5 Å². The molecule has 1 heterocycles. The average Bonchev–Trinajstić information content (AvgIpc) is 2.82. The fourth-order valence-corrected chi connectivity index (χ4v) is 3.90. The summed E-state index contributed by atoms with van der Waals surface area (Å²) in [5.74, 6) is 0.712. The van der Waals surface area contributed by atoms with Gasteiger partial charge in [0.2, 0.25) is 0 Å². The van der Waals surface area contributed by atoms with Crippen molar-refractivity contribution in [3.63, 3.8) is 0 Å². The monoisotopic (exact) mass is 470 g/mol. The van der Waals surface area contributed by atoms with Gasteiger partial charge in [-0.05, 0) is 51.8 Å². The molecule has 172 valence electrons. The molecule has 31 heavy (non-hydrogen) atoms. The Morgan fingerprint density at radius 2 is 2.06 bits per heavy atom. The third kappa shape index (κ3) is 8.20. The fourth-order valence-electron chi connectivity index (χ4n) is 2.59. The number of allylic oxidation sites excluding steroid dienone is 4. The summed E-state index contributed by atoms with van der Waals surface area (Å²) in [6.07, 6.45) is 4.51. The molecule has 1 atom stereocenters. The molecule has 9 nitrogen and oxygen atoms in total. The van der Waals surface area contributed by atoms with Crippen molar-refractivity contribution in [3.05, 3.63) is 46.2 Å². The van der Waals surface area contributed by atoms with Crippen LogP contribution >= 0.6 is 23.7 Å². The van der Waals surface area contributed by atoms with Crippen molar-refractivity contribution < 1.29 is 25.2 Å². The predicted molar refractivity (Wildman–Crippen MR) is 126 cm³/mol. The zero-order chi connectivity index (χ0) is 23.1. The van der Waals surface area contributed by atoms with Crippen molar-refractivity contribution in [1.82, 2.24) is 9.73 Å². The molecule has 0 amide bonds. The summed E-state index contributed by atoms with van der Waals surface area (Å²) in [4.78, 5) is 5.05. The lowest BCUT2D eigenvalue weighted by Gasteiger charge is -2.26. The van der Waals surface area contributed by atoms with E-state index in [9.17, 15) is 20.4 Å². The number of nitrogens with zero attached hydrogens (tertiary/aromatic N) is 3. The van der Waals surface area contributed by atoms with Crippen LogP contribution in [0.25, 0.3) is 0 Å². The summed E-state index contributed by atoms with van der Waals surface area (Å²) in [5.41, 5.74) is 3.53. The number of hydrazone groups is 1. The minimum atomic E-state index is -3.31. The number of rotatable bonds is 8. The molecular formula is C20H30N4O5S2. The molecule has 5 N–H and O–H groups in total. The minimum absolute atomic E-state index is 0.106. The van der Waals surface area contributed by atoms with E-state index in [1.165, 1.54) is 0 Å². The first-order chi connectivity index (χ1) is 14.6. The predicted octanol–water partition coefficient (Wildman–Crippen LogP) is 1.66. The van der Waals surface area contributed by atoms with Crippen LogP contribution in [-0.2, 0) is 4.74 Å². The second-order valence-electron chi connectivity index (χ2n) is 7.42. The van der Waals surface area contributed by atoms with Crippen molar-refractivity contribution in [2.24, 2.45) is 10.1 Å². The van der Waals surface area contributed by atoms with Gasteiger partial charge in [-0.2, -0.15) is 5.10 Å². The summed E-state index contributed by atoms with van der Waals surface area (Å²) in [5, 5.41) is 44.0. The Morgan fingerprint density at radius 3 is 2.71 bits per heavy atom. The Labute approximate surface area is 191 Å². The van der Waals surface area contributed by atoms with Gasteiger partial charge in [0.05, 0.1) is 23.5 Å². The molecule has 0 aromatic carbocycles. The van der Waals surface area contributed by atoms with Crippen LogP contribution < -0.4 is 4.72 Å². The summed E-state index contributed by atoms with van der Waals surface area (Å²) < 4.78 is 8.12. The highest BCUT2D eigenvalue weighted by molar-refractivity contribution is 8.12. The number of likely N-dealkylation sites (N-methyl/N-ethyl adjacent to an activating group) is 1. The summed E-state index contributed by atoms with van der Waals surface area (Å²) in [6.45, 7) is 8.04. The Bertz CT molecular complexity index is 813. The standard InChI is InChI=1S/C20H30N4O5S2/c1-5-24-18(14(2)21-13-30-11-10-22-24)15-6-8-16(29-20(26,27)28)17(9-7-15)31-23-19(3,4)12-25/h6-10,13,16,23,25-28H,5,11-12H2,1-4H3/b18-14-,21-13+,22-10-. The van der Waals surface area contributed by atoms with Crippen LogP contribution in [0, 0.1) is 0 Å². The Hall–Kier alpha value is -1.44. The lowest BCUT2D eigenvalue weighted by molar-refractivity contribution is -0.458. The smallest absolute Gasteiger partial charge is 0.394 e. The molecule has 0 aromatic heterocycles. The highest BCUT2D eigenvalue weighted by Crippen LogP contribution is 2.31. The van der Waals surface area contributed by atoms with Crippen LogP contribution in [0.1, 0.15) is 27.7 Å². The third-order valence-corrected chi connectivity index (χ3v) is 6.02. The van der Waals surface area contributed by atoms with E-state index < -0.39 is 17.8 Å². The Balaban J connectivity index is 2.46. The number of aliphatic hydroxyl groups excluding tert-OH is 1. The van der Waals surface area contributed by atoms with Crippen LogP contribution in [0.2, 0.25) is 0 Å². The largest absolute Gasteiger partial charge is 0.405 e. The van der Waals surface area contributed by atoms with Crippen LogP contribution in [0.3, 0.4) is 0 Å². The number of nitrogens with one attached hydrogen (secondary N) is 1. The van der Waals surface area contributed by atoms with E-state index in [2.05, 4.69) is 14.8 Å². The zero-order valence-corrected chi connectivity index (χ0v) is 19.7. The molecule has 11 heteroatoms. The number of ether oxygens (including phenoxy) is 1. The summed E-state index contributed by atoms with van der Waals surface area (Å²) >= 11 is 2.71. The molecule has 0 radical (unpaired) electrons. The fraction of sp³-hybridized carbons (Fsp3) is 0.500. The Morgan fingerprint density at radius 1 is 1.32 bits per heavy atom. The van der Waals surface area contributed by atoms with Crippen molar-refractivity contribution in [2.45, 2.75) is 45.5 Å². The van der Waals surface area contributed by atoms with E-state index in [-0.39, 0.29) is 6.61 Å². The molecule has 0 saturated heterocycles. The molecule has 0 bridgehead atoms. The van der Waals surface area contributed by atoms with E-state index in [1.807, 2.05) is 45.0 Å². The minimum Gasteiger partial charge on any atom is -0.394 e. The molecular weight excluding hydrogens is 440 g/mol. The maximum absolute atomic E-state index is 9.49. The number of aliphatic imine (C=N–C) groups is 1. The molecule has 0 saturated carbocycles. The van der Waals surface area contributed by atoms with Gasteiger partial charge in [-0.25, -0.2) is 0 Å². The van der Waals surface area contributed by atoms with Gasteiger partial charge >= 0.3 is 6.16 Å². The van der Waals surface area contributed by atoms with Gasteiger partial charge in [0, 0.05) is 34.5 Å². The maximum Gasteiger partial charge on any atom is 0.405 e. The van der Waals surface area contributed by atoms with E-state index >= 15 is 0 Å². The quantitative estimate of drug-likeness (QED) is 0.266. The van der Waals surface area contributed by atoms with Gasteiger partial charge in [-0.15, -0.1) is 11.8 Å². The zero-order valence-electron chi connectivity index (χ0n) is 18.0. The molecule has 2 aliphatic rings.